The second-order valence-electron chi connectivity index (χ2n) is 9.48. The van der Waals surface area contributed by atoms with Crippen molar-refractivity contribution < 1.29 is 4.52 Å². The molecule has 0 aromatic heterocycles. The van der Waals surface area contributed by atoms with E-state index in [4.69, 9.17) is 15.8 Å². The molecule has 0 amide bonds. The number of piperidine rings is 1. The lowest BCUT2D eigenvalue weighted by Crippen LogP contribution is -2.49. The third-order valence-corrected chi connectivity index (χ3v) is 16.4. The molecule has 0 aromatic rings. The highest BCUT2D eigenvalue weighted by molar-refractivity contribution is 7.78. The van der Waals surface area contributed by atoms with Gasteiger partial charge in [0, 0.05) is 12.6 Å². The molecule has 25 heavy (non-hydrogen) atoms. The van der Waals surface area contributed by atoms with Crippen molar-refractivity contribution in [2.24, 2.45) is 0 Å². The third kappa shape index (κ3) is 4.02. The molecule has 1 unspecified atom stereocenters. The van der Waals surface area contributed by atoms with Crippen molar-refractivity contribution in [3.63, 3.8) is 0 Å². The fourth-order valence-corrected chi connectivity index (χ4v) is 14.9. The molecule has 2 nitrogen and oxygen atoms in total. The highest BCUT2D eigenvalue weighted by Gasteiger charge is 2.50. The van der Waals surface area contributed by atoms with Gasteiger partial charge in [-0.05, 0) is 41.2 Å². The van der Waals surface area contributed by atoms with Gasteiger partial charge in [-0.1, -0.05) is 77.2 Å². The van der Waals surface area contributed by atoms with Gasteiger partial charge in [0.1, 0.15) is 0 Å². The summed E-state index contributed by atoms with van der Waals surface area (Å²) in [4.78, 5) is 0. The number of hydrogen-bond acceptors (Lipinski definition) is 2. The van der Waals surface area contributed by atoms with Gasteiger partial charge in [0.25, 0.3) is 0 Å². The zero-order valence-corrected chi connectivity index (χ0v) is 18.7. The lowest BCUT2D eigenvalue weighted by atomic mass is 9.99. The van der Waals surface area contributed by atoms with Crippen molar-refractivity contribution in [1.82, 2.24) is 4.67 Å². The lowest BCUT2D eigenvalue weighted by Gasteiger charge is -2.47. The summed E-state index contributed by atoms with van der Waals surface area (Å²) in [5.74, 6) is 0. The number of hydrogen-bond donors (Lipinski definition) is 0. The second kappa shape index (κ2) is 8.48. The van der Waals surface area contributed by atoms with Gasteiger partial charge in [0.05, 0.1) is 14.2 Å². The van der Waals surface area contributed by atoms with Crippen LogP contribution in [0.1, 0.15) is 83.5 Å². The summed E-state index contributed by atoms with van der Waals surface area (Å²) >= 11 is 6.66. The Morgan fingerprint density at radius 1 is 0.880 bits per heavy atom. The van der Waals surface area contributed by atoms with Crippen molar-refractivity contribution in [2.45, 2.75) is 119 Å². The molecule has 4 fully saturated rings. The van der Waals surface area contributed by atoms with Crippen LogP contribution in [0.3, 0.4) is 0 Å². The summed E-state index contributed by atoms with van der Waals surface area (Å²) in [6, 6.07) is 2.06. The van der Waals surface area contributed by atoms with Gasteiger partial charge in [-0.15, -0.1) is 0 Å². The molecule has 3 atom stereocenters. The summed E-state index contributed by atoms with van der Waals surface area (Å²) in [6.45, 7) is 3.98. The summed E-state index contributed by atoms with van der Waals surface area (Å²) in [6.07, 6.45) is 19.5. The molecule has 4 aliphatic rings. The smallest absolute Gasteiger partial charge is 0.207 e. The maximum absolute atomic E-state index is 6.66. The molecule has 4 rings (SSSR count). The Bertz CT molecular complexity index is 423. The van der Waals surface area contributed by atoms with Gasteiger partial charge in [-0.2, -0.15) is 0 Å². The van der Waals surface area contributed by atoms with Crippen molar-refractivity contribution in [1.29, 1.82) is 0 Å². The summed E-state index contributed by atoms with van der Waals surface area (Å²) < 4.78 is 9.02. The number of fused-ring (bicyclic) bond motifs is 1. The monoisotopic (exact) mass is 401 g/mol. The second-order valence-corrected chi connectivity index (χ2v) is 16.6. The Morgan fingerprint density at radius 3 is 2.04 bits per heavy atom. The van der Waals surface area contributed by atoms with Gasteiger partial charge in [-0.25, -0.2) is 4.67 Å². The average molecular weight is 402 g/mol. The van der Waals surface area contributed by atoms with Crippen LogP contribution in [0.5, 0.6) is 0 Å². The SMILES string of the molecule is C[Si](C[C@H]1OP(Cl)N2CCCC[C@@H]12)(C1CCCCC1)C1CCCCC1. The van der Waals surface area contributed by atoms with Crippen LogP contribution in [0.2, 0.25) is 23.7 Å². The van der Waals surface area contributed by atoms with E-state index in [1.165, 1.54) is 96.1 Å². The fourth-order valence-electron chi connectivity index (χ4n) is 6.56. The van der Waals surface area contributed by atoms with Crippen molar-refractivity contribution in [3.8, 4) is 0 Å². The number of halogens is 1. The van der Waals surface area contributed by atoms with Crippen LogP contribution in [0.25, 0.3) is 0 Å². The van der Waals surface area contributed by atoms with E-state index >= 15 is 0 Å². The van der Waals surface area contributed by atoms with E-state index in [-0.39, 0.29) is 0 Å². The summed E-state index contributed by atoms with van der Waals surface area (Å²) in [7, 11) is -2.14. The summed E-state index contributed by atoms with van der Waals surface area (Å²) in [5, 5.41) is 0. The maximum Gasteiger partial charge on any atom is 0.207 e. The highest BCUT2D eigenvalue weighted by atomic mass is 35.7. The molecule has 2 saturated carbocycles. The third-order valence-electron chi connectivity index (χ3n) is 8.09. The molecule has 0 spiro atoms. The minimum absolute atomic E-state index is 0.462. The van der Waals surface area contributed by atoms with E-state index in [0.717, 1.165) is 11.1 Å². The Labute approximate surface area is 162 Å². The quantitative estimate of drug-likeness (QED) is 0.358. The predicted molar refractivity (Wildman–Crippen MR) is 112 cm³/mol. The van der Waals surface area contributed by atoms with E-state index in [9.17, 15) is 0 Å². The molecule has 0 radical (unpaired) electrons. The molecule has 2 saturated heterocycles. The molecule has 0 aromatic carbocycles. The molecule has 2 aliphatic carbocycles. The molecular weight excluding hydrogens is 365 g/mol. The van der Waals surface area contributed by atoms with Crippen LogP contribution in [-0.4, -0.2) is 31.4 Å². The highest BCUT2D eigenvalue weighted by Crippen LogP contribution is 2.60. The van der Waals surface area contributed by atoms with Crippen LogP contribution >= 0.6 is 18.9 Å². The Balaban J connectivity index is 1.53. The zero-order chi connectivity index (χ0) is 17.3. The molecular formula is C20H37ClNOPSi. The Kier molecular flexibility index (Phi) is 6.50. The van der Waals surface area contributed by atoms with Gasteiger partial charge in [0.15, 0.2) is 0 Å². The van der Waals surface area contributed by atoms with Crippen LogP contribution in [0, 0.1) is 0 Å². The first kappa shape index (κ1) is 19.2. The van der Waals surface area contributed by atoms with Crippen LogP contribution < -0.4 is 0 Å². The largest absolute Gasteiger partial charge is 0.327 e. The topological polar surface area (TPSA) is 12.5 Å². The predicted octanol–water partition coefficient (Wildman–Crippen LogP) is 7.45. The molecule has 0 bridgehead atoms. The van der Waals surface area contributed by atoms with E-state index < -0.39 is 15.7 Å². The van der Waals surface area contributed by atoms with Gasteiger partial charge in [-0.3, -0.25) is 0 Å². The van der Waals surface area contributed by atoms with Gasteiger partial charge >= 0.3 is 0 Å². The molecule has 5 heteroatoms. The standard InChI is InChI=1S/C20H37ClNOPSi/c1-25(17-10-4-2-5-11-17,18-12-6-3-7-13-18)16-20-19-14-8-9-15-22(19)24(21)23-20/h17-20H,2-16H2,1H3/t19-,20+,24?/m0/s1. The van der Waals surface area contributed by atoms with Crippen molar-refractivity contribution in [2.75, 3.05) is 6.54 Å². The van der Waals surface area contributed by atoms with E-state index in [2.05, 4.69) is 11.2 Å². The van der Waals surface area contributed by atoms with Gasteiger partial charge in [0.2, 0.25) is 7.65 Å². The molecule has 0 N–H and O–H groups in total. The molecule has 2 aliphatic heterocycles. The first-order valence-corrected chi connectivity index (χ1v) is 16.1. The van der Waals surface area contributed by atoms with E-state index in [1.54, 1.807) is 0 Å². The fraction of sp³-hybridized carbons (Fsp3) is 1.00. The minimum Gasteiger partial charge on any atom is -0.327 e. The average Bonchev–Trinajstić information content (AvgIpc) is 2.99. The van der Waals surface area contributed by atoms with Crippen molar-refractivity contribution >= 4 is 27.0 Å². The van der Waals surface area contributed by atoms with Gasteiger partial charge < -0.3 is 4.52 Å². The van der Waals surface area contributed by atoms with Crippen LogP contribution in [0.15, 0.2) is 0 Å². The molecule has 2 heterocycles. The van der Waals surface area contributed by atoms with Crippen molar-refractivity contribution in [3.05, 3.63) is 0 Å². The van der Waals surface area contributed by atoms with E-state index in [1.807, 2.05) is 0 Å². The first-order chi connectivity index (χ1) is 12.2. The Hall–Kier alpha value is 0.857. The lowest BCUT2D eigenvalue weighted by molar-refractivity contribution is 0.181. The number of rotatable bonds is 4. The summed E-state index contributed by atoms with van der Waals surface area (Å²) in [5.41, 5.74) is 2.12. The minimum atomic E-state index is -1.32. The maximum atomic E-state index is 6.66. The normalized spacial score (nSPS) is 36.5. The zero-order valence-electron chi connectivity index (χ0n) is 16.1. The Morgan fingerprint density at radius 2 is 1.44 bits per heavy atom. The first-order valence-electron chi connectivity index (χ1n) is 11.1. The van der Waals surface area contributed by atoms with E-state index in [0.29, 0.717) is 12.1 Å². The van der Waals surface area contributed by atoms with Crippen LogP contribution in [0.4, 0.5) is 0 Å². The number of nitrogens with zero attached hydrogens (tertiary/aromatic N) is 1. The van der Waals surface area contributed by atoms with Crippen LogP contribution in [-0.2, 0) is 4.52 Å². The molecule has 144 valence electrons.